The number of hydrogen-bond donors (Lipinski definition) is 1. The fourth-order valence-corrected chi connectivity index (χ4v) is 2.21. The van der Waals surface area contributed by atoms with Crippen LogP contribution >= 0.6 is 24.0 Å². The van der Waals surface area contributed by atoms with Crippen LogP contribution in [0.4, 0.5) is 0 Å². The Bertz CT molecular complexity index is 533. The summed E-state index contributed by atoms with van der Waals surface area (Å²) in [5.74, 6) is 0.887. The number of halogens is 2. The van der Waals surface area contributed by atoms with Gasteiger partial charge in [0.15, 0.2) is 0 Å². The zero-order valence-corrected chi connectivity index (χ0v) is 12.9. The number of aryl methyl sites for hydroxylation is 3. The number of ether oxygens (including phenoxy) is 1. The van der Waals surface area contributed by atoms with Gasteiger partial charge in [-0.2, -0.15) is 5.10 Å². The molecule has 104 valence electrons. The Labute approximate surface area is 124 Å². The van der Waals surface area contributed by atoms with Crippen molar-refractivity contribution in [2.75, 3.05) is 6.61 Å². The fourth-order valence-electron chi connectivity index (χ4n) is 1.98. The topological polar surface area (TPSA) is 37.9 Å². The van der Waals surface area contributed by atoms with Gasteiger partial charge in [-0.05, 0) is 50.1 Å². The van der Waals surface area contributed by atoms with Crippen molar-refractivity contribution in [3.63, 3.8) is 0 Å². The molecule has 0 aliphatic heterocycles. The van der Waals surface area contributed by atoms with E-state index in [0.29, 0.717) is 6.61 Å². The van der Waals surface area contributed by atoms with Crippen molar-refractivity contribution >= 4 is 24.0 Å². The van der Waals surface area contributed by atoms with E-state index < -0.39 is 0 Å². The molecule has 0 unspecified atom stereocenters. The van der Waals surface area contributed by atoms with Crippen LogP contribution in [0.3, 0.4) is 0 Å². The van der Waals surface area contributed by atoms with Crippen LogP contribution < -0.4 is 4.74 Å². The maximum Gasteiger partial charge on any atom is 0.122 e. The van der Waals surface area contributed by atoms with E-state index in [-0.39, 0.29) is 12.4 Å². The lowest BCUT2D eigenvalue weighted by molar-refractivity contribution is 0.319. The Morgan fingerprint density at radius 1 is 1.26 bits per heavy atom. The number of aromatic nitrogens is 2. The monoisotopic (exact) mass is 300 g/mol. The van der Waals surface area contributed by atoms with Gasteiger partial charge in [0.2, 0.25) is 0 Å². The third kappa shape index (κ3) is 3.88. The summed E-state index contributed by atoms with van der Waals surface area (Å²) in [5.41, 5.74) is 4.46. The van der Waals surface area contributed by atoms with Crippen LogP contribution in [0.5, 0.6) is 5.75 Å². The Morgan fingerprint density at radius 2 is 2.00 bits per heavy atom. The van der Waals surface area contributed by atoms with Gasteiger partial charge in [0.25, 0.3) is 0 Å². The maximum atomic E-state index is 5.91. The molecule has 0 spiro atoms. The van der Waals surface area contributed by atoms with Crippen LogP contribution in [-0.2, 0) is 6.42 Å². The van der Waals surface area contributed by atoms with E-state index in [4.69, 9.17) is 16.3 Å². The number of rotatable bonds is 4. The molecule has 2 rings (SSSR count). The summed E-state index contributed by atoms with van der Waals surface area (Å²) in [5, 5.41) is 7.89. The number of nitrogens with one attached hydrogen (secondary N) is 1. The van der Waals surface area contributed by atoms with Gasteiger partial charge in [-0.1, -0.05) is 11.6 Å². The quantitative estimate of drug-likeness (QED) is 0.925. The van der Waals surface area contributed by atoms with E-state index in [2.05, 4.69) is 10.2 Å². The summed E-state index contributed by atoms with van der Waals surface area (Å²) in [4.78, 5) is 0. The van der Waals surface area contributed by atoms with Gasteiger partial charge in [0.1, 0.15) is 5.75 Å². The molecule has 0 radical (unpaired) electrons. The second-order valence-electron chi connectivity index (χ2n) is 4.42. The van der Waals surface area contributed by atoms with E-state index in [1.165, 1.54) is 5.56 Å². The summed E-state index contributed by atoms with van der Waals surface area (Å²) in [7, 11) is 0. The fraction of sp³-hybridized carbons (Fsp3) is 0.357. The Kier molecular flexibility index (Phi) is 5.70. The third-order valence-corrected chi connectivity index (χ3v) is 3.26. The number of hydrogen-bond acceptors (Lipinski definition) is 2. The van der Waals surface area contributed by atoms with Crippen molar-refractivity contribution in [3.8, 4) is 5.75 Å². The second kappa shape index (κ2) is 6.83. The van der Waals surface area contributed by atoms with Crippen molar-refractivity contribution < 1.29 is 4.74 Å². The molecule has 5 heteroatoms. The lowest BCUT2D eigenvalue weighted by Crippen LogP contribution is -2.03. The minimum Gasteiger partial charge on any atom is -0.493 e. The molecule has 0 bridgehead atoms. The molecule has 1 aromatic heterocycles. The van der Waals surface area contributed by atoms with Gasteiger partial charge in [0.05, 0.1) is 12.3 Å². The highest BCUT2D eigenvalue weighted by atomic mass is 35.5. The van der Waals surface area contributed by atoms with E-state index in [0.717, 1.165) is 34.1 Å². The Morgan fingerprint density at radius 3 is 2.58 bits per heavy atom. The van der Waals surface area contributed by atoms with Gasteiger partial charge in [0, 0.05) is 17.1 Å². The summed E-state index contributed by atoms with van der Waals surface area (Å²) in [6.45, 7) is 6.68. The molecular weight excluding hydrogens is 283 g/mol. The van der Waals surface area contributed by atoms with Crippen LogP contribution in [0.15, 0.2) is 18.2 Å². The first-order valence-corrected chi connectivity index (χ1v) is 6.35. The number of H-pyrrole nitrogens is 1. The van der Waals surface area contributed by atoms with Gasteiger partial charge < -0.3 is 4.74 Å². The van der Waals surface area contributed by atoms with E-state index in [9.17, 15) is 0 Å². The first kappa shape index (κ1) is 15.9. The molecule has 0 saturated carbocycles. The summed E-state index contributed by atoms with van der Waals surface area (Å²) < 4.78 is 5.77. The smallest absolute Gasteiger partial charge is 0.122 e. The SMILES string of the molecule is Cc1cc(Cl)ccc1OCCc1c(C)n[nH]c1C.Cl. The molecule has 3 nitrogen and oxygen atoms in total. The summed E-state index contributed by atoms with van der Waals surface area (Å²) >= 11 is 5.91. The second-order valence-corrected chi connectivity index (χ2v) is 4.86. The first-order valence-electron chi connectivity index (χ1n) is 5.97. The molecule has 2 aromatic rings. The highest BCUT2D eigenvalue weighted by Crippen LogP contribution is 2.22. The summed E-state index contributed by atoms with van der Waals surface area (Å²) in [6, 6.07) is 5.66. The predicted octanol–water partition coefficient (Wildman–Crippen LogP) is 4.03. The lowest BCUT2D eigenvalue weighted by atomic mass is 10.1. The van der Waals surface area contributed by atoms with Gasteiger partial charge in [-0.3, -0.25) is 5.10 Å². The van der Waals surface area contributed by atoms with Crippen molar-refractivity contribution in [3.05, 3.63) is 45.7 Å². The Hall–Kier alpha value is -1.19. The summed E-state index contributed by atoms with van der Waals surface area (Å²) in [6.07, 6.45) is 0.857. The van der Waals surface area contributed by atoms with E-state index in [1.54, 1.807) is 0 Å². The molecule has 1 aromatic carbocycles. The highest BCUT2D eigenvalue weighted by Gasteiger charge is 2.07. The van der Waals surface area contributed by atoms with Crippen molar-refractivity contribution in [2.24, 2.45) is 0 Å². The molecule has 0 atom stereocenters. The van der Waals surface area contributed by atoms with Crippen LogP contribution in [0.2, 0.25) is 5.02 Å². The van der Waals surface area contributed by atoms with Crippen LogP contribution in [-0.4, -0.2) is 16.8 Å². The van der Waals surface area contributed by atoms with Gasteiger partial charge in [-0.15, -0.1) is 12.4 Å². The standard InChI is InChI=1S/C14H17ClN2O.ClH/c1-9-8-12(15)4-5-14(9)18-7-6-13-10(2)16-17-11(13)3;/h4-5,8H,6-7H2,1-3H3,(H,16,17);1H. The van der Waals surface area contributed by atoms with Crippen molar-refractivity contribution in [1.29, 1.82) is 0 Å². The number of nitrogens with zero attached hydrogens (tertiary/aromatic N) is 1. The zero-order chi connectivity index (χ0) is 13.1. The highest BCUT2D eigenvalue weighted by molar-refractivity contribution is 6.30. The van der Waals surface area contributed by atoms with Gasteiger partial charge in [-0.25, -0.2) is 0 Å². The maximum absolute atomic E-state index is 5.91. The van der Waals surface area contributed by atoms with E-state index in [1.807, 2.05) is 39.0 Å². The average molecular weight is 301 g/mol. The Balaban J connectivity index is 0.00000180. The number of benzene rings is 1. The van der Waals surface area contributed by atoms with Crippen LogP contribution in [0.25, 0.3) is 0 Å². The molecule has 0 amide bonds. The molecule has 0 saturated heterocycles. The molecule has 0 aliphatic rings. The lowest BCUT2D eigenvalue weighted by Gasteiger charge is -2.09. The molecule has 1 heterocycles. The largest absolute Gasteiger partial charge is 0.493 e. The normalized spacial score (nSPS) is 10.1. The van der Waals surface area contributed by atoms with Crippen molar-refractivity contribution in [2.45, 2.75) is 27.2 Å². The molecular formula is C14H18Cl2N2O. The molecule has 0 aliphatic carbocycles. The average Bonchev–Trinajstić information content (AvgIpc) is 2.63. The van der Waals surface area contributed by atoms with Crippen molar-refractivity contribution in [1.82, 2.24) is 10.2 Å². The molecule has 0 fully saturated rings. The molecule has 19 heavy (non-hydrogen) atoms. The third-order valence-electron chi connectivity index (χ3n) is 3.03. The van der Waals surface area contributed by atoms with E-state index >= 15 is 0 Å². The zero-order valence-electron chi connectivity index (χ0n) is 11.3. The van der Waals surface area contributed by atoms with Crippen LogP contribution in [0, 0.1) is 20.8 Å². The minimum absolute atomic E-state index is 0. The van der Waals surface area contributed by atoms with Crippen LogP contribution in [0.1, 0.15) is 22.5 Å². The first-order chi connectivity index (χ1) is 8.58. The van der Waals surface area contributed by atoms with Gasteiger partial charge >= 0.3 is 0 Å². The predicted molar refractivity (Wildman–Crippen MR) is 80.7 cm³/mol. The minimum atomic E-state index is 0. The molecule has 1 N–H and O–H groups in total. The number of aromatic amines is 1.